The van der Waals surface area contributed by atoms with Gasteiger partial charge < -0.3 is 29.6 Å². The van der Waals surface area contributed by atoms with Gasteiger partial charge in [0.05, 0.1) is 0 Å². The van der Waals surface area contributed by atoms with Crippen LogP contribution in [0.25, 0.3) is 6.08 Å². The Hall–Kier alpha value is -3.27. The van der Waals surface area contributed by atoms with Crippen molar-refractivity contribution in [2.75, 3.05) is 13.3 Å². The zero-order valence-electron chi connectivity index (χ0n) is 15.1. The molecule has 3 N–H and O–H groups in total. The van der Waals surface area contributed by atoms with Gasteiger partial charge >= 0.3 is 5.97 Å². The van der Waals surface area contributed by atoms with Crippen molar-refractivity contribution in [3.05, 3.63) is 52.0 Å². The summed E-state index contributed by atoms with van der Waals surface area (Å²) in [5.41, 5.74) is 0.572. The summed E-state index contributed by atoms with van der Waals surface area (Å²) in [6.45, 7) is 0.259. The van der Waals surface area contributed by atoms with Crippen LogP contribution in [0.5, 0.6) is 11.5 Å². The second kappa shape index (κ2) is 9.28. The molecule has 0 aliphatic carbocycles. The second-order valence-corrected chi connectivity index (χ2v) is 6.76. The molecule has 1 aliphatic rings. The SMILES string of the molecule is O=C(O)CCCNC(=O)C(=Cc1ccc2c(c1)OCO2)NC(=O)c1ccc(Br)o1. The summed E-state index contributed by atoms with van der Waals surface area (Å²) in [6.07, 6.45) is 1.66. The van der Waals surface area contributed by atoms with Gasteiger partial charge in [-0.25, -0.2) is 0 Å². The molecule has 0 bridgehead atoms. The highest BCUT2D eigenvalue weighted by Gasteiger charge is 2.18. The van der Waals surface area contributed by atoms with Crippen molar-refractivity contribution >= 4 is 39.8 Å². The lowest BCUT2D eigenvalue weighted by molar-refractivity contribution is -0.137. The number of carboxylic acid groups (broad SMARTS) is 1. The molecule has 0 saturated carbocycles. The summed E-state index contributed by atoms with van der Waals surface area (Å²) in [5.74, 6) is -0.984. The molecule has 1 aromatic heterocycles. The van der Waals surface area contributed by atoms with E-state index < -0.39 is 17.8 Å². The number of hydrogen-bond acceptors (Lipinski definition) is 6. The molecule has 0 unspecified atom stereocenters. The molecule has 0 radical (unpaired) electrons. The topological polar surface area (TPSA) is 127 Å². The van der Waals surface area contributed by atoms with Crippen LogP contribution in [0.2, 0.25) is 0 Å². The maximum atomic E-state index is 12.6. The molecule has 2 heterocycles. The average molecular weight is 465 g/mol. The monoisotopic (exact) mass is 464 g/mol. The highest BCUT2D eigenvalue weighted by atomic mass is 79.9. The van der Waals surface area contributed by atoms with E-state index in [2.05, 4.69) is 26.6 Å². The van der Waals surface area contributed by atoms with Crippen LogP contribution in [0.4, 0.5) is 0 Å². The highest BCUT2D eigenvalue weighted by molar-refractivity contribution is 9.10. The molecule has 1 aliphatic heterocycles. The molecular formula is C19H17BrN2O7. The van der Waals surface area contributed by atoms with Crippen LogP contribution in [0.1, 0.15) is 29.0 Å². The second-order valence-electron chi connectivity index (χ2n) is 5.98. The average Bonchev–Trinajstić information content (AvgIpc) is 3.32. The number of amides is 2. The van der Waals surface area contributed by atoms with E-state index >= 15 is 0 Å². The number of ether oxygens (including phenoxy) is 2. The summed E-state index contributed by atoms with van der Waals surface area (Å²) in [7, 11) is 0. The number of aliphatic carboxylic acids is 1. The third kappa shape index (κ3) is 5.61. The Morgan fingerprint density at radius 2 is 1.93 bits per heavy atom. The Kier molecular flexibility index (Phi) is 6.55. The highest BCUT2D eigenvalue weighted by Crippen LogP contribution is 2.33. The smallest absolute Gasteiger partial charge is 0.303 e. The van der Waals surface area contributed by atoms with Gasteiger partial charge in [-0.2, -0.15) is 0 Å². The molecular weight excluding hydrogens is 448 g/mol. The normalized spacial score (nSPS) is 12.5. The first kappa shape index (κ1) is 20.5. The van der Waals surface area contributed by atoms with Crippen molar-refractivity contribution in [1.82, 2.24) is 10.6 Å². The Bertz CT molecular complexity index is 967. The van der Waals surface area contributed by atoms with Gasteiger partial charge in [-0.05, 0) is 58.3 Å². The van der Waals surface area contributed by atoms with Gasteiger partial charge in [-0.3, -0.25) is 14.4 Å². The predicted octanol–water partition coefficient (Wildman–Crippen LogP) is 2.52. The van der Waals surface area contributed by atoms with Gasteiger partial charge in [0.25, 0.3) is 11.8 Å². The lowest BCUT2D eigenvalue weighted by Crippen LogP contribution is -2.35. The largest absolute Gasteiger partial charge is 0.481 e. The number of carbonyl (C=O) groups excluding carboxylic acids is 2. The molecule has 2 amide bonds. The third-order valence-corrected chi connectivity index (χ3v) is 4.28. The fourth-order valence-corrected chi connectivity index (χ4v) is 2.79. The van der Waals surface area contributed by atoms with Crippen molar-refractivity contribution in [2.45, 2.75) is 12.8 Å². The van der Waals surface area contributed by atoms with E-state index in [1.165, 1.54) is 12.1 Å². The Morgan fingerprint density at radius 1 is 1.14 bits per heavy atom. The first-order valence-corrected chi connectivity index (χ1v) is 9.39. The number of carboxylic acids is 1. The minimum Gasteiger partial charge on any atom is -0.481 e. The Morgan fingerprint density at radius 3 is 2.66 bits per heavy atom. The fourth-order valence-electron chi connectivity index (χ4n) is 2.48. The first-order valence-electron chi connectivity index (χ1n) is 8.60. The van der Waals surface area contributed by atoms with E-state index in [4.69, 9.17) is 19.0 Å². The molecule has 0 spiro atoms. The van der Waals surface area contributed by atoms with Crippen LogP contribution >= 0.6 is 15.9 Å². The van der Waals surface area contributed by atoms with E-state index in [9.17, 15) is 14.4 Å². The standard InChI is InChI=1S/C19H17BrN2O7/c20-16-6-5-14(29-16)19(26)22-12(18(25)21-7-1-2-17(23)24)8-11-3-4-13-15(9-11)28-10-27-13/h3-6,8-9H,1-2,7,10H2,(H,21,25)(H,22,26)(H,23,24). The maximum Gasteiger partial charge on any atom is 0.303 e. The zero-order valence-corrected chi connectivity index (χ0v) is 16.7. The molecule has 2 aromatic rings. The number of furan rings is 1. The van der Waals surface area contributed by atoms with E-state index in [1.54, 1.807) is 24.3 Å². The van der Waals surface area contributed by atoms with Gasteiger partial charge in [-0.15, -0.1) is 0 Å². The van der Waals surface area contributed by atoms with Gasteiger partial charge in [0, 0.05) is 13.0 Å². The number of benzene rings is 1. The van der Waals surface area contributed by atoms with Crippen molar-refractivity contribution in [3.8, 4) is 11.5 Å². The van der Waals surface area contributed by atoms with Gasteiger partial charge in [0.1, 0.15) is 5.70 Å². The summed E-state index contributed by atoms with van der Waals surface area (Å²) in [6, 6.07) is 8.10. The summed E-state index contributed by atoms with van der Waals surface area (Å²) in [5, 5.41) is 13.8. The minimum atomic E-state index is -0.952. The molecule has 29 heavy (non-hydrogen) atoms. The molecule has 152 valence electrons. The number of carbonyl (C=O) groups is 3. The van der Waals surface area contributed by atoms with Gasteiger partial charge in [0.2, 0.25) is 6.79 Å². The van der Waals surface area contributed by atoms with E-state index in [0.29, 0.717) is 21.7 Å². The Labute approximate surface area is 173 Å². The van der Waals surface area contributed by atoms with E-state index in [0.717, 1.165) is 0 Å². The Balaban J connectivity index is 1.77. The molecule has 10 heteroatoms. The van der Waals surface area contributed by atoms with Crippen molar-refractivity contribution in [3.63, 3.8) is 0 Å². The molecule has 0 fully saturated rings. The van der Waals surface area contributed by atoms with Crippen LogP contribution in [0.3, 0.4) is 0 Å². The van der Waals surface area contributed by atoms with E-state index in [-0.39, 0.29) is 37.6 Å². The fraction of sp³-hybridized carbons (Fsp3) is 0.211. The first-order chi connectivity index (χ1) is 13.9. The number of halogens is 1. The van der Waals surface area contributed by atoms with Crippen LogP contribution in [0, 0.1) is 0 Å². The molecule has 0 saturated heterocycles. The number of rotatable bonds is 8. The molecule has 3 rings (SSSR count). The quantitative estimate of drug-likeness (QED) is 0.404. The molecule has 9 nitrogen and oxygen atoms in total. The van der Waals surface area contributed by atoms with E-state index in [1.807, 2.05) is 0 Å². The van der Waals surface area contributed by atoms with Crippen LogP contribution in [-0.2, 0) is 9.59 Å². The number of nitrogens with one attached hydrogen (secondary N) is 2. The third-order valence-electron chi connectivity index (χ3n) is 3.85. The van der Waals surface area contributed by atoms with Crippen molar-refractivity contribution < 1.29 is 33.4 Å². The van der Waals surface area contributed by atoms with Crippen LogP contribution in [0.15, 0.2) is 45.1 Å². The summed E-state index contributed by atoms with van der Waals surface area (Å²) in [4.78, 5) is 35.6. The molecule has 0 atom stereocenters. The maximum absolute atomic E-state index is 12.6. The summed E-state index contributed by atoms with van der Waals surface area (Å²) < 4.78 is 16.2. The van der Waals surface area contributed by atoms with Crippen molar-refractivity contribution in [1.29, 1.82) is 0 Å². The summed E-state index contributed by atoms with van der Waals surface area (Å²) >= 11 is 3.12. The van der Waals surface area contributed by atoms with Gasteiger partial charge in [0.15, 0.2) is 21.9 Å². The zero-order chi connectivity index (χ0) is 20.8. The number of fused-ring (bicyclic) bond motifs is 1. The lowest BCUT2D eigenvalue weighted by Gasteiger charge is -2.10. The van der Waals surface area contributed by atoms with Crippen molar-refractivity contribution in [2.24, 2.45) is 0 Å². The van der Waals surface area contributed by atoms with Crippen LogP contribution < -0.4 is 20.1 Å². The predicted molar refractivity (Wildman–Crippen MR) is 104 cm³/mol. The number of hydrogen-bond donors (Lipinski definition) is 3. The van der Waals surface area contributed by atoms with Crippen LogP contribution in [-0.4, -0.2) is 36.2 Å². The lowest BCUT2D eigenvalue weighted by atomic mass is 10.1. The van der Waals surface area contributed by atoms with Gasteiger partial charge in [-0.1, -0.05) is 6.07 Å². The minimum absolute atomic E-state index is 0.0205. The molecule has 1 aromatic carbocycles.